The highest BCUT2D eigenvalue weighted by Gasteiger charge is 2.59. The number of nitro benzene ring substituents is 1. The number of aliphatic carboxylic acids is 1. The van der Waals surface area contributed by atoms with Gasteiger partial charge in [0.05, 0.1) is 23.0 Å². The van der Waals surface area contributed by atoms with Gasteiger partial charge in [0.2, 0.25) is 0 Å². The Morgan fingerprint density at radius 1 is 1.18 bits per heavy atom. The summed E-state index contributed by atoms with van der Waals surface area (Å²) >= 11 is 0. The van der Waals surface area contributed by atoms with Gasteiger partial charge in [-0.05, 0) is 63.7 Å². The van der Waals surface area contributed by atoms with Crippen molar-refractivity contribution in [2.45, 2.75) is 51.6 Å². The van der Waals surface area contributed by atoms with E-state index in [0.29, 0.717) is 30.3 Å². The number of carbonyl (C=O) groups is 2. The van der Waals surface area contributed by atoms with E-state index in [1.165, 1.54) is 12.1 Å². The quantitative estimate of drug-likeness (QED) is 0.258. The zero-order chi connectivity index (χ0) is 27.4. The molecule has 0 saturated heterocycles. The van der Waals surface area contributed by atoms with Crippen LogP contribution in [0.1, 0.15) is 50.2 Å². The van der Waals surface area contributed by atoms with Crippen LogP contribution in [-0.2, 0) is 20.9 Å². The molecule has 0 radical (unpaired) electrons. The first-order valence-corrected chi connectivity index (χ1v) is 13.0. The molecule has 0 spiro atoms. The van der Waals surface area contributed by atoms with E-state index < -0.39 is 40.2 Å². The molecule has 9 nitrogen and oxygen atoms in total. The van der Waals surface area contributed by atoms with Gasteiger partial charge in [0.25, 0.3) is 5.69 Å². The second-order valence-electron chi connectivity index (χ2n) is 10.6. The van der Waals surface area contributed by atoms with Gasteiger partial charge in [0, 0.05) is 30.3 Å². The van der Waals surface area contributed by atoms with Crippen molar-refractivity contribution in [1.29, 1.82) is 0 Å². The van der Waals surface area contributed by atoms with Crippen LogP contribution in [0, 0.1) is 27.4 Å². The van der Waals surface area contributed by atoms with Gasteiger partial charge in [-0.1, -0.05) is 42.5 Å². The number of hydrogen-bond donors (Lipinski definition) is 1. The third-order valence-electron chi connectivity index (χ3n) is 7.92. The first-order chi connectivity index (χ1) is 18.1. The Bertz CT molecular complexity index is 1210. The Hall–Kier alpha value is -3.59. The van der Waals surface area contributed by atoms with Crippen LogP contribution in [0.4, 0.5) is 5.69 Å². The van der Waals surface area contributed by atoms with Gasteiger partial charge in [0.1, 0.15) is 5.92 Å². The molecule has 2 aromatic rings. The fourth-order valence-corrected chi connectivity index (χ4v) is 5.67. The average molecular weight is 522 g/mol. The predicted octanol–water partition coefficient (Wildman–Crippen LogP) is 4.70. The molecule has 1 heterocycles. The number of rotatable bonds is 11. The smallest absolute Gasteiger partial charge is 0.314 e. The van der Waals surface area contributed by atoms with Crippen molar-refractivity contribution in [3.8, 4) is 0 Å². The molecule has 1 aliphatic heterocycles. The van der Waals surface area contributed by atoms with Crippen molar-refractivity contribution in [3.05, 3.63) is 75.8 Å². The lowest BCUT2D eigenvalue weighted by molar-refractivity contribution is -0.385. The molecule has 4 unspecified atom stereocenters. The third kappa shape index (κ3) is 5.78. The molecule has 9 heteroatoms. The average Bonchev–Trinajstić information content (AvgIpc) is 3.71. The number of nitrogens with zero attached hydrogens (tertiary/aromatic N) is 3. The van der Waals surface area contributed by atoms with Crippen molar-refractivity contribution in [2.75, 3.05) is 20.2 Å². The fourth-order valence-electron chi connectivity index (χ4n) is 5.67. The molecular weight excluding hydrogens is 486 g/mol. The minimum atomic E-state index is -1.32. The van der Waals surface area contributed by atoms with Crippen LogP contribution in [-0.4, -0.2) is 58.8 Å². The molecule has 38 heavy (non-hydrogen) atoms. The lowest BCUT2D eigenvalue weighted by atomic mass is 9.58. The van der Waals surface area contributed by atoms with E-state index in [1.54, 1.807) is 19.1 Å². The number of carboxylic acid groups (broad SMARTS) is 1. The van der Waals surface area contributed by atoms with Crippen molar-refractivity contribution >= 4 is 23.3 Å². The number of ether oxygens (including phenoxy) is 1. The number of nitro groups is 1. The van der Waals surface area contributed by atoms with Crippen molar-refractivity contribution < 1.29 is 24.4 Å². The van der Waals surface area contributed by atoms with E-state index in [9.17, 15) is 24.8 Å². The second-order valence-corrected chi connectivity index (χ2v) is 10.6. The van der Waals surface area contributed by atoms with Gasteiger partial charge in [0.15, 0.2) is 0 Å². The van der Waals surface area contributed by atoms with Crippen LogP contribution in [0.15, 0.2) is 59.6 Å². The van der Waals surface area contributed by atoms with Gasteiger partial charge in [-0.2, -0.15) is 0 Å². The van der Waals surface area contributed by atoms with Crippen LogP contribution >= 0.6 is 0 Å². The molecular formula is C29H35N3O6. The molecule has 0 amide bonds. The highest BCUT2D eigenvalue weighted by molar-refractivity contribution is 6.03. The molecule has 2 aliphatic rings. The van der Waals surface area contributed by atoms with E-state index in [2.05, 4.69) is 9.89 Å². The molecule has 1 N–H and O–H groups in total. The maximum atomic E-state index is 14.1. The van der Waals surface area contributed by atoms with Crippen LogP contribution in [0.3, 0.4) is 0 Å². The number of carbonyl (C=O) groups excluding carboxylic acids is 1. The fraction of sp³-hybridized carbons (Fsp3) is 0.483. The van der Waals surface area contributed by atoms with E-state index in [-0.39, 0.29) is 18.7 Å². The van der Waals surface area contributed by atoms with E-state index in [4.69, 9.17) is 4.74 Å². The third-order valence-corrected chi connectivity index (χ3v) is 7.92. The second kappa shape index (κ2) is 11.4. The first-order valence-electron chi connectivity index (χ1n) is 13.0. The standard InChI is InChI=1S/C29H35N3O6/c1-19-25(27(33)34)26(23-10-7-11-24(16-23)32(36)37)29(20(2)30-19,28(35)38-18-22-12-13-22)14-15-31(3)17-21-8-5-4-6-9-21/h4-11,16,20,22,25-26H,12-15,17-18H2,1-3H3,(H,33,34). The number of hydrogen-bond acceptors (Lipinski definition) is 7. The van der Waals surface area contributed by atoms with Crippen LogP contribution < -0.4 is 0 Å². The zero-order valence-electron chi connectivity index (χ0n) is 22.1. The van der Waals surface area contributed by atoms with E-state index in [1.807, 2.05) is 44.3 Å². The molecule has 4 rings (SSSR count). The molecule has 202 valence electrons. The van der Waals surface area contributed by atoms with Gasteiger partial charge < -0.3 is 14.7 Å². The number of esters is 1. The van der Waals surface area contributed by atoms with E-state index >= 15 is 0 Å². The Kier molecular flexibility index (Phi) is 8.26. The molecule has 1 aliphatic carbocycles. The summed E-state index contributed by atoms with van der Waals surface area (Å²) in [6.45, 7) is 4.88. The maximum Gasteiger partial charge on any atom is 0.314 e. The summed E-state index contributed by atoms with van der Waals surface area (Å²) in [6, 6.07) is 15.3. The largest absolute Gasteiger partial charge is 0.481 e. The molecule has 0 aromatic heterocycles. The van der Waals surface area contributed by atoms with E-state index in [0.717, 1.165) is 18.4 Å². The lowest BCUT2D eigenvalue weighted by Crippen LogP contribution is -2.55. The number of non-ortho nitro benzene ring substituents is 1. The minimum Gasteiger partial charge on any atom is -0.481 e. The number of carboxylic acids is 1. The summed E-state index contributed by atoms with van der Waals surface area (Å²) in [7, 11) is 1.95. The Morgan fingerprint density at radius 2 is 1.89 bits per heavy atom. The summed E-state index contributed by atoms with van der Waals surface area (Å²) in [5.41, 5.74) is 0.467. The monoisotopic (exact) mass is 521 g/mol. The number of aliphatic imine (C=N–C) groups is 1. The summed E-state index contributed by atoms with van der Waals surface area (Å²) in [4.78, 5) is 44.6. The summed E-state index contributed by atoms with van der Waals surface area (Å²) in [5, 5.41) is 22.0. The predicted molar refractivity (Wildman–Crippen MR) is 143 cm³/mol. The Labute approximate surface area is 222 Å². The molecule has 4 atom stereocenters. The van der Waals surface area contributed by atoms with Crippen LogP contribution in [0.5, 0.6) is 0 Å². The highest BCUT2D eigenvalue weighted by Crippen LogP contribution is 2.52. The van der Waals surface area contributed by atoms with Crippen molar-refractivity contribution in [2.24, 2.45) is 22.2 Å². The Morgan fingerprint density at radius 3 is 2.53 bits per heavy atom. The SMILES string of the molecule is CC1=NC(C)C(CCN(C)Cc2ccccc2)(C(=O)OCC2CC2)C(c2cccc([N+](=O)[O-])c2)C1C(=O)O. The zero-order valence-corrected chi connectivity index (χ0v) is 22.1. The molecule has 1 saturated carbocycles. The molecule has 2 aromatic carbocycles. The van der Waals surface area contributed by atoms with Crippen molar-refractivity contribution in [3.63, 3.8) is 0 Å². The normalized spacial score (nSPS) is 25.1. The van der Waals surface area contributed by atoms with Gasteiger partial charge >= 0.3 is 11.9 Å². The summed E-state index contributed by atoms with van der Waals surface area (Å²) < 4.78 is 5.87. The van der Waals surface area contributed by atoms with Gasteiger partial charge in [-0.25, -0.2) is 0 Å². The molecule has 0 bridgehead atoms. The summed E-state index contributed by atoms with van der Waals surface area (Å²) in [5.74, 6) is -3.28. The maximum absolute atomic E-state index is 14.1. The Balaban J connectivity index is 1.78. The van der Waals surface area contributed by atoms with Gasteiger partial charge in [-0.15, -0.1) is 0 Å². The minimum absolute atomic E-state index is 0.152. The first kappa shape index (κ1) is 27.4. The van der Waals surface area contributed by atoms with Gasteiger partial charge in [-0.3, -0.25) is 24.7 Å². The van der Waals surface area contributed by atoms with Crippen molar-refractivity contribution in [1.82, 2.24) is 4.90 Å². The summed E-state index contributed by atoms with van der Waals surface area (Å²) in [6.07, 6.45) is 2.28. The van der Waals surface area contributed by atoms with Crippen LogP contribution in [0.2, 0.25) is 0 Å². The lowest BCUT2D eigenvalue weighted by Gasteiger charge is -2.47. The number of benzene rings is 2. The van der Waals surface area contributed by atoms with Crippen LogP contribution in [0.25, 0.3) is 0 Å². The highest BCUT2D eigenvalue weighted by atomic mass is 16.6. The topological polar surface area (TPSA) is 122 Å². The molecule has 1 fully saturated rings.